The van der Waals surface area contributed by atoms with Gasteiger partial charge in [0, 0.05) is 18.4 Å². The first-order valence-electron chi connectivity index (χ1n) is 8.91. The lowest BCUT2D eigenvalue weighted by Crippen LogP contribution is -2.30. The van der Waals surface area contributed by atoms with Gasteiger partial charge >= 0.3 is 0 Å². The Labute approximate surface area is 127 Å². The number of hydrogen-bond donors (Lipinski definition) is 1. The minimum Gasteiger partial charge on any atom is -0.339 e. The van der Waals surface area contributed by atoms with E-state index in [-0.39, 0.29) is 6.04 Å². The van der Waals surface area contributed by atoms with Crippen LogP contribution in [0.2, 0.25) is 0 Å². The predicted octanol–water partition coefficient (Wildman–Crippen LogP) is 3.96. The summed E-state index contributed by atoms with van der Waals surface area (Å²) in [5.74, 6) is 2.85. The molecule has 1 aromatic heterocycles. The van der Waals surface area contributed by atoms with Crippen molar-refractivity contribution in [3.05, 3.63) is 11.7 Å². The van der Waals surface area contributed by atoms with Crippen molar-refractivity contribution in [3.8, 4) is 0 Å². The molecule has 2 saturated carbocycles. The average Bonchev–Trinajstić information content (AvgIpc) is 3.09. The molecular formula is C17H29N3O. The third kappa shape index (κ3) is 4.06. The molecule has 2 aliphatic rings. The number of aromatic nitrogens is 2. The first kappa shape index (κ1) is 15.0. The van der Waals surface area contributed by atoms with Crippen molar-refractivity contribution in [2.45, 2.75) is 89.0 Å². The molecule has 0 radical (unpaired) electrons. The summed E-state index contributed by atoms with van der Waals surface area (Å²) in [5, 5.41) is 4.25. The second-order valence-corrected chi connectivity index (χ2v) is 7.00. The molecular weight excluding hydrogens is 262 g/mol. The van der Waals surface area contributed by atoms with Gasteiger partial charge in [-0.05, 0) is 31.6 Å². The minimum atomic E-state index is 0.193. The van der Waals surface area contributed by atoms with Gasteiger partial charge in [-0.15, -0.1) is 0 Å². The molecule has 3 rings (SSSR count). The third-order valence-corrected chi connectivity index (χ3v) is 5.37. The van der Waals surface area contributed by atoms with Crippen LogP contribution in [0.4, 0.5) is 0 Å². The third-order valence-electron chi connectivity index (χ3n) is 5.37. The van der Waals surface area contributed by atoms with Gasteiger partial charge in [-0.2, -0.15) is 4.98 Å². The van der Waals surface area contributed by atoms with Crippen molar-refractivity contribution in [3.63, 3.8) is 0 Å². The first-order valence-corrected chi connectivity index (χ1v) is 8.91. The highest BCUT2D eigenvalue weighted by molar-refractivity contribution is 4.98. The van der Waals surface area contributed by atoms with Crippen molar-refractivity contribution in [1.82, 2.24) is 10.1 Å². The molecule has 0 aliphatic heterocycles. The summed E-state index contributed by atoms with van der Waals surface area (Å²) in [5.41, 5.74) is 6.32. The summed E-state index contributed by atoms with van der Waals surface area (Å²) in [6.07, 6.45) is 15.1. The van der Waals surface area contributed by atoms with Crippen molar-refractivity contribution in [2.75, 3.05) is 0 Å². The van der Waals surface area contributed by atoms with Gasteiger partial charge in [-0.25, -0.2) is 0 Å². The Kier molecular flexibility index (Phi) is 5.28. The number of hydrogen-bond acceptors (Lipinski definition) is 4. The zero-order valence-electron chi connectivity index (χ0n) is 13.1. The van der Waals surface area contributed by atoms with Crippen LogP contribution in [-0.4, -0.2) is 16.2 Å². The summed E-state index contributed by atoms with van der Waals surface area (Å²) in [7, 11) is 0. The fourth-order valence-corrected chi connectivity index (χ4v) is 3.98. The van der Waals surface area contributed by atoms with Crippen molar-refractivity contribution in [2.24, 2.45) is 11.7 Å². The highest BCUT2D eigenvalue weighted by Crippen LogP contribution is 2.30. The maximum Gasteiger partial charge on any atom is 0.228 e. The van der Waals surface area contributed by atoms with E-state index in [0.29, 0.717) is 11.8 Å². The highest BCUT2D eigenvalue weighted by atomic mass is 16.5. The van der Waals surface area contributed by atoms with Crippen molar-refractivity contribution < 1.29 is 4.52 Å². The largest absolute Gasteiger partial charge is 0.339 e. The normalized spacial score (nSPS) is 23.9. The summed E-state index contributed by atoms with van der Waals surface area (Å²) in [6, 6.07) is 0.193. The highest BCUT2D eigenvalue weighted by Gasteiger charge is 2.25. The van der Waals surface area contributed by atoms with Crippen LogP contribution in [0.3, 0.4) is 0 Å². The molecule has 0 aromatic carbocycles. The lowest BCUT2D eigenvalue weighted by molar-refractivity contribution is 0.334. The predicted molar refractivity (Wildman–Crippen MR) is 83.0 cm³/mol. The molecule has 2 aliphatic carbocycles. The number of rotatable bonds is 4. The lowest BCUT2D eigenvalue weighted by Gasteiger charge is -2.16. The van der Waals surface area contributed by atoms with Crippen LogP contribution in [0.25, 0.3) is 0 Å². The molecule has 4 heteroatoms. The molecule has 0 amide bonds. The van der Waals surface area contributed by atoms with Gasteiger partial charge in [-0.1, -0.05) is 50.1 Å². The molecule has 2 fully saturated rings. The fourth-order valence-electron chi connectivity index (χ4n) is 3.98. The van der Waals surface area contributed by atoms with E-state index in [1.165, 1.54) is 70.6 Å². The molecule has 0 spiro atoms. The molecule has 118 valence electrons. The van der Waals surface area contributed by atoms with Gasteiger partial charge in [0.2, 0.25) is 5.89 Å². The maximum absolute atomic E-state index is 6.32. The Morgan fingerprint density at radius 2 is 1.57 bits per heavy atom. The average molecular weight is 291 g/mol. The van der Waals surface area contributed by atoms with Gasteiger partial charge < -0.3 is 10.3 Å². The Hall–Kier alpha value is -0.900. The fraction of sp³-hybridized carbons (Fsp3) is 0.882. The molecule has 0 bridgehead atoms. The van der Waals surface area contributed by atoms with E-state index in [0.717, 1.165) is 18.1 Å². The van der Waals surface area contributed by atoms with Crippen LogP contribution < -0.4 is 5.73 Å². The van der Waals surface area contributed by atoms with E-state index in [2.05, 4.69) is 10.1 Å². The van der Waals surface area contributed by atoms with E-state index < -0.39 is 0 Å². The molecule has 2 N–H and O–H groups in total. The smallest absolute Gasteiger partial charge is 0.228 e. The van der Waals surface area contributed by atoms with Crippen LogP contribution in [0, 0.1) is 5.92 Å². The van der Waals surface area contributed by atoms with Gasteiger partial charge in [0.15, 0.2) is 5.82 Å². The Bertz CT molecular complexity index is 417. The second kappa shape index (κ2) is 7.39. The SMILES string of the molecule is NC(Cc1nc(C2CCCCCCC2)no1)C1CCCC1. The molecule has 0 saturated heterocycles. The summed E-state index contributed by atoms with van der Waals surface area (Å²) < 4.78 is 5.48. The molecule has 1 atom stereocenters. The van der Waals surface area contributed by atoms with Crippen LogP contribution >= 0.6 is 0 Å². The van der Waals surface area contributed by atoms with E-state index in [1.807, 2.05) is 0 Å². The summed E-state index contributed by atoms with van der Waals surface area (Å²) in [6.45, 7) is 0. The standard InChI is InChI=1S/C17H29N3O/c18-15(13-8-6-7-9-13)12-16-19-17(20-21-16)14-10-4-2-1-3-5-11-14/h13-15H,1-12,18H2. The first-order chi connectivity index (χ1) is 10.3. The quantitative estimate of drug-likeness (QED) is 0.912. The van der Waals surface area contributed by atoms with Gasteiger partial charge in [0.25, 0.3) is 0 Å². The van der Waals surface area contributed by atoms with Gasteiger partial charge in [0.1, 0.15) is 0 Å². The van der Waals surface area contributed by atoms with Crippen LogP contribution in [0.15, 0.2) is 4.52 Å². The monoisotopic (exact) mass is 291 g/mol. The van der Waals surface area contributed by atoms with E-state index in [9.17, 15) is 0 Å². The zero-order chi connectivity index (χ0) is 14.5. The Morgan fingerprint density at radius 3 is 2.29 bits per heavy atom. The van der Waals surface area contributed by atoms with E-state index in [4.69, 9.17) is 10.3 Å². The maximum atomic E-state index is 6.32. The lowest BCUT2D eigenvalue weighted by atomic mass is 9.91. The molecule has 4 nitrogen and oxygen atoms in total. The Morgan fingerprint density at radius 1 is 0.952 bits per heavy atom. The van der Waals surface area contributed by atoms with Crippen LogP contribution in [-0.2, 0) is 6.42 Å². The van der Waals surface area contributed by atoms with E-state index in [1.54, 1.807) is 0 Å². The van der Waals surface area contributed by atoms with Crippen LogP contribution in [0.5, 0.6) is 0 Å². The second-order valence-electron chi connectivity index (χ2n) is 7.00. The number of nitrogens with two attached hydrogens (primary N) is 1. The Balaban J connectivity index is 1.56. The van der Waals surface area contributed by atoms with Gasteiger partial charge in [0.05, 0.1) is 0 Å². The molecule has 1 unspecified atom stereocenters. The number of nitrogens with zero attached hydrogens (tertiary/aromatic N) is 2. The molecule has 21 heavy (non-hydrogen) atoms. The van der Waals surface area contributed by atoms with Crippen LogP contribution in [0.1, 0.15) is 88.3 Å². The zero-order valence-corrected chi connectivity index (χ0v) is 13.1. The molecule has 1 aromatic rings. The molecule has 1 heterocycles. The van der Waals surface area contributed by atoms with E-state index >= 15 is 0 Å². The van der Waals surface area contributed by atoms with Crippen molar-refractivity contribution in [1.29, 1.82) is 0 Å². The van der Waals surface area contributed by atoms with Gasteiger partial charge in [-0.3, -0.25) is 0 Å². The topological polar surface area (TPSA) is 64.9 Å². The minimum absolute atomic E-state index is 0.193. The summed E-state index contributed by atoms with van der Waals surface area (Å²) in [4.78, 5) is 4.66. The van der Waals surface area contributed by atoms with Crippen molar-refractivity contribution >= 4 is 0 Å². The summed E-state index contributed by atoms with van der Waals surface area (Å²) >= 11 is 0.